The molecule has 22 heavy (non-hydrogen) atoms. The highest BCUT2D eigenvalue weighted by atomic mass is 16.2. The van der Waals surface area contributed by atoms with Crippen molar-refractivity contribution in [1.82, 2.24) is 4.98 Å². The van der Waals surface area contributed by atoms with E-state index >= 15 is 0 Å². The van der Waals surface area contributed by atoms with Gasteiger partial charge in [-0.05, 0) is 49.2 Å². The summed E-state index contributed by atoms with van der Waals surface area (Å²) in [6, 6.07) is 8.18. The average molecular weight is 294 g/mol. The number of pyridine rings is 1. The summed E-state index contributed by atoms with van der Waals surface area (Å²) in [5.41, 5.74) is 5.38. The summed E-state index contributed by atoms with van der Waals surface area (Å²) in [4.78, 5) is 18.2. The summed E-state index contributed by atoms with van der Waals surface area (Å²) in [5, 5.41) is 6.96. The molecule has 1 amide bonds. The molecule has 1 aromatic carbocycles. The van der Waals surface area contributed by atoms with E-state index in [0.29, 0.717) is 6.54 Å². The largest absolute Gasteiger partial charge is 0.360 e. The molecule has 0 saturated carbocycles. The summed E-state index contributed by atoms with van der Waals surface area (Å²) < 4.78 is 0. The van der Waals surface area contributed by atoms with Crippen molar-refractivity contribution in [3.05, 3.63) is 47.8 Å². The fourth-order valence-electron chi connectivity index (χ4n) is 3.31. The van der Waals surface area contributed by atoms with Gasteiger partial charge in [0.15, 0.2) is 0 Å². The highest BCUT2D eigenvalue weighted by molar-refractivity contribution is 6.06. The van der Waals surface area contributed by atoms with E-state index in [0.717, 1.165) is 28.2 Å². The Morgan fingerprint density at radius 1 is 1.18 bits per heavy atom. The molecule has 0 bridgehead atoms. The number of nitrogens with zero attached hydrogens (tertiary/aromatic N) is 2. The van der Waals surface area contributed by atoms with Crippen molar-refractivity contribution in [1.29, 1.82) is 0 Å². The Hall–Kier alpha value is -2.56. The van der Waals surface area contributed by atoms with Crippen molar-refractivity contribution in [2.45, 2.75) is 25.9 Å². The van der Waals surface area contributed by atoms with Crippen molar-refractivity contribution < 1.29 is 4.79 Å². The fourth-order valence-corrected chi connectivity index (χ4v) is 3.31. The van der Waals surface area contributed by atoms with Crippen LogP contribution in [0.2, 0.25) is 0 Å². The van der Waals surface area contributed by atoms with Gasteiger partial charge in [-0.1, -0.05) is 0 Å². The normalized spacial score (nSPS) is 22.1. The molecule has 112 valence electrons. The van der Waals surface area contributed by atoms with Gasteiger partial charge in [0.2, 0.25) is 5.91 Å². The van der Waals surface area contributed by atoms with Crippen LogP contribution in [0.25, 0.3) is 0 Å². The van der Waals surface area contributed by atoms with E-state index in [1.807, 2.05) is 30.9 Å². The molecule has 0 aliphatic carbocycles. The second-order valence-electron chi connectivity index (χ2n) is 5.76. The van der Waals surface area contributed by atoms with Gasteiger partial charge < -0.3 is 15.5 Å². The van der Waals surface area contributed by atoms with E-state index in [9.17, 15) is 4.79 Å². The molecule has 0 radical (unpaired) electrons. The Bertz CT molecular complexity index is 744. The van der Waals surface area contributed by atoms with Gasteiger partial charge >= 0.3 is 0 Å². The van der Waals surface area contributed by atoms with Crippen LogP contribution in [0, 0.1) is 0 Å². The van der Waals surface area contributed by atoms with Crippen LogP contribution in [0.5, 0.6) is 0 Å². The number of benzene rings is 1. The minimum absolute atomic E-state index is 0.0432. The third-order valence-electron chi connectivity index (χ3n) is 4.52. The maximum atomic E-state index is 12.3. The van der Waals surface area contributed by atoms with Crippen LogP contribution in [-0.2, 0) is 4.79 Å². The van der Waals surface area contributed by atoms with Crippen LogP contribution in [-0.4, -0.2) is 17.4 Å². The maximum absolute atomic E-state index is 12.3. The predicted octanol–water partition coefficient (Wildman–Crippen LogP) is 3.09. The topological polar surface area (TPSA) is 57.3 Å². The molecule has 4 rings (SSSR count). The van der Waals surface area contributed by atoms with Crippen LogP contribution < -0.4 is 15.5 Å². The maximum Gasteiger partial charge on any atom is 0.234 e. The number of hydrogen-bond donors (Lipinski definition) is 2. The Morgan fingerprint density at radius 2 is 1.86 bits per heavy atom. The number of carbonyl (C=O) groups is 1. The molecule has 2 aliphatic heterocycles. The molecule has 2 unspecified atom stereocenters. The molecule has 5 nitrogen and oxygen atoms in total. The Labute approximate surface area is 129 Å². The van der Waals surface area contributed by atoms with Gasteiger partial charge in [0.05, 0.1) is 17.3 Å². The first-order chi connectivity index (χ1) is 10.7. The monoisotopic (exact) mass is 294 g/mol. The first-order valence-corrected chi connectivity index (χ1v) is 7.61. The lowest BCUT2D eigenvalue weighted by atomic mass is 10.0. The number of fused-ring (bicyclic) bond motifs is 2. The van der Waals surface area contributed by atoms with Crippen LogP contribution in [0.15, 0.2) is 36.7 Å². The zero-order valence-electron chi connectivity index (χ0n) is 12.6. The molecule has 2 atom stereocenters. The van der Waals surface area contributed by atoms with Gasteiger partial charge in [-0.2, -0.15) is 0 Å². The fraction of sp³-hybridized carbons (Fsp3) is 0.294. The summed E-state index contributed by atoms with van der Waals surface area (Å²) in [7, 11) is 0. The Morgan fingerprint density at radius 3 is 2.55 bits per heavy atom. The molecule has 2 aromatic rings. The molecular weight excluding hydrogens is 276 g/mol. The van der Waals surface area contributed by atoms with E-state index < -0.39 is 0 Å². The van der Waals surface area contributed by atoms with Crippen LogP contribution in [0.3, 0.4) is 0 Å². The predicted molar refractivity (Wildman–Crippen MR) is 87.1 cm³/mol. The molecule has 5 heteroatoms. The van der Waals surface area contributed by atoms with Crippen LogP contribution >= 0.6 is 0 Å². The third kappa shape index (κ3) is 1.78. The Kier molecular flexibility index (Phi) is 2.82. The second-order valence-corrected chi connectivity index (χ2v) is 5.76. The highest BCUT2D eigenvalue weighted by Crippen LogP contribution is 2.45. The van der Waals surface area contributed by atoms with Crippen molar-refractivity contribution >= 4 is 23.0 Å². The molecule has 3 heterocycles. The van der Waals surface area contributed by atoms with Gasteiger partial charge in [0.25, 0.3) is 0 Å². The van der Waals surface area contributed by atoms with Gasteiger partial charge in [-0.15, -0.1) is 0 Å². The summed E-state index contributed by atoms with van der Waals surface area (Å²) >= 11 is 0. The van der Waals surface area contributed by atoms with Gasteiger partial charge in [-0.25, -0.2) is 0 Å². The van der Waals surface area contributed by atoms with E-state index in [-0.39, 0.29) is 18.0 Å². The minimum atomic E-state index is -0.0676. The molecule has 0 saturated heterocycles. The quantitative estimate of drug-likeness (QED) is 0.893. The van der Waals surface area contributed by atoms with E-state index in [2.05, 4.69) is 27.8 Å². The summed E-state index contributed by atoms with van der Waals surface area (Å²) in [6.45, 7) is 4.69. The van der Waals surface area contributed by atoms with Crippen molar-refractivity contribution in [2.75, 3.05) is 22.1 Å². The number of hydrogen-bond acceptors (Lipinski definition) is 4. The lowest BCUT2D eigenvalue weighted by molar-refractivity contribution is -0.118. The van der Waals surface area contributed by atoms with E-state index in [4.69, 9.17) is 0 Å². The highest BCUT2D eigenvalue weighted by Gasteiger charge is 2.35. The molecule has 1 aromatic heterocycles. The summed E-state index contributed by atoms with van der Waals surface area (Å²) in [6.07, 6.45) is 3.63. The number of carbonyl (C=O) groups excluding carboxylic acids is 1. The van der Waals surface area contributed by atoms with Crippen molar-refractivity contribution in [2.24, 2.45) is 0 Å². The van der Waals surface area contributed by atoms with Crippen LogP contribution in [0.4, 0.5) is 17.1 Å². The lowest BCUT2D eigenvalue weighted by Crippen LogP contribution is -2.27. The summed E-state index contributed by atoms with van der Waals surface area (Å²) in [5.74, 6) is 0.119. The second kappa shape index (κ2) is 4.73. The SMILES string of the molecule is CCN1C(=O)C(C)c2cc3c(cc21)NC(c1ccncc1)N3. The minimum Gasteiger partial charge on any atom is -0.360 e. The number of rotatable bonds is 2. The first kappa shape index (κ1) is 13.1. The standard InChI is InChI=1S/C17H18N4O/c1-3-21-15-9-14-13(8-12(15)10(2)17(21)22)19-16(20-14)11-4-6-18-7-5-11/h4-10,16,19-20H,3H2,1-2H3. The molecule has 0 spiro atoms. The Balaban J connectivity index is 1.71. The van der Waals surface area contributed by atoms with Gasteiger partial charge in [0, 0.05) is 24.6 Å². The first-order valence-electron chi connectivity index (χ1n) is 7.61. The molecular formula is C17H18N4O. The van der Waals surface area contributed by atoms with Crippen molar-refractivity contribution in [3.8, 4) is 0 Å². The molecule has 2 N–H and O–H groups in total. The molecule has 0 fully saturated rings. The zero-order valence-corrected chi connectivity index (χ0v) is 12.6. The van der Waals surface area contributed by atoms with Gasteiger partial charge in [-0.3, -0.25) is 9.78 Å². The van der Waals surface area contributed by atoms with E-state index in [1.54, 1.807) is 12.4 Å². The van der Waals surface area contributed by atoms with Crippen molar-refractivity contribution in [3.63, 3.8) is 0 Å². The number of nitrogens with one attached hydrogen (secondary N) is 2. The van der Waals surface area contributed by atoms with E-state index in [1.165, 1.54) is 0 Å². The smallest absolute Gasteiger partial charge is 0.234 e. The number of likely N-dealkylation sites (N-methyl/N-ethyl adjacent to an activating group) is 1. The van der Waals surface area contributed by atoms with Crippen LogP contribution in [0.1, 0.15) is 37.1 Å². The zero-order chi connectivity index (χ0) is 15.3. The third-order valence-corrected chi connectivity index (χ3v) is 4.52. The van der Waals surface area contributed by atoms with Gasteiger partial charge in [0.1, 0.15) is 6.17 Å². The average Bonchev–Trinajstić information content (AvgIpc) is 3.06. The lowest BCUT2D eigenvalue weighted by Gasteiger charge is -2.15. The molecule has 2 aliphatic rings. The number of aromatic nitrogens is 1. The number of amides is 1. The number of anilines is 3.